The molecule has 2 rings (SSSR count). The third-order valence-electron chi connectivity index (χ3n) is 2.71. The highest BCUT2D eigenvalue weighted by molar-refractivity contribution is 5.99. The first-order valence-electron chi connectivity index (χ1n) is 5.58. The topological polar surface area (TPSA) is 81.8 Å². The highest BCUT2D eigenvalue weighted by atomic mass is 15.4. The standard InChI is InChI=1S/C11H18N6/c1-7-9(4-5-13-7)6-17(3)11-15-8(2)14-10(12)16-11/h4-5,8,13H,6H2,1-3H3,(H3,12,14,15,16). The van der Waals surface area contributed by atoms with Crippen LogP contribution in [0.3, 0.4) is 0 Å². The van der Waals surface area contributed by atoms with Crippen LogP contribution < -0.4 is 11.1 Å². The number of guanidine groups is 2. The summed E-state index contributed by atoms with van der Waals surface area (Å²) in [7, 11) is 1.98. The molecule has 1 aromatic heterocycles. The minimum absolute atomic E-state index is 0.124. The summed E-state index contributed by atoms with van der Waals surface area (Å²) >= 11 is 0. The van der Waals surface area contributed by atoms with Gasteiger partial charge < -0.3 is 15.6 Å². The van der Waals surface area contributed by atoms with E-state index < -0.39 is 0 Å². The SMILES string of the molecule is Cc1[nH]ccc1CN(C)C1=NC(C)N=C(N)N1. The fourth-order valence-electron chi connectivity index (χ4n) is 1.77. The Kier molecular flexibility index (Phi) is 3.03. The van der Waals surface area contributed by atoms with E-state index in [1.165, 1.54) is 11.3 Å². The van der Waals surface area contributed by atoms with Gasteiger partial charge >= 0.3 is 0 Å². The van der Waals surface area contributed by atoms with Gasteiger partial charge in [0.05, 0.1) is 0 Å². The summed E-state index contributed by atoms with van der Waals surface area (Å²) in [5.74, 6) is 1.17. The van der Waals surface area contributed by atoms with Crippen LogP contribution in [0.15, 0.2) is 22.2 Å². The summed E-state index contributed by atoms with van der Waals surface area (Å²) in [6, 6.07) is 2.07. The predicted octanol–water partition coefficient (Wildman–Crippen LogP) is 0.375. The van der Waals surface area contributed by atoms with Gasteiger partial charge in [-0.2, -0.15) is 0 Å². The third kappa shape index (κ3) is 2.58. The maximum atomic E-state index is 5.68. The van der Waals surface area contributed by atoms with Crippen molar-refractivity contribution in [3.8, 4) is 0 Å². The number of aromatic nitrogens is 1. The maximum Gasteiger partial charge on any atom is 0.202 e. The van der Waals surface area contributed by atoms with Crippen LogP contribution >= 0.6 is 0 Å². The molecule has 17 heavy (non-hydrogen) atoms. The van der Waals surface area contributed by atoms with Crippen molar-refractivity contribution in [3.05, 3.63) is 23.5 Å². The van der Waals surface area contributed by atoms with Gasteiger partial charge in [-0.3, -0.25) is 5.32 Å². The first-order valence-corrected chi connectivity index (χ1v) is 5.58. The van der Waals surface area contributed by atoms with Crippen LogP contribution in [-0.4, -0.2) is 35.0 Å². The van der Waals surface area contributed by atoms with Crippen LogP contribution in [0, 0.1) is 6.92 Å². The normalized spacial score (nSPS) is 19.4. The van der Waals surface area contributed by atoms with E-state index in [1.54, 1.807) is 0 Å². The van der Waals surface area contributed by atoms with Crippen LogP contribution in [0.4, 0.5) is 0 Å². The minimum Gasteiger partial charge on any atom is -0.370 e. The molecule has 1 aromatic rings. The second-order valence-electron chi connectivity index (χ2n) is 4.21. The number of aliphatic imine (C=N–C) groups is 2. The smallest absolute Gasteiger partial charge is 0.202 e. The molecule has 0 amide bonds. The lowest BCUT2D eigenvalue weighted by Crippen LogP contribution is -2.48. The number of nitrogens with one attached hydrogen (secondary N) is 2. The van der Waals surface area contributed by atoms with Gasteiger partial charge in [0, 0.05) is 25.5 Å². The van der Waals surface area contributed by atoms with Crippen LogP contribution in [0.1, 0.15) is 18.2 Å². The van der Waals surface area contributed by atoms with E-state index in [0.717, 1.165) is 12.5 Å². The van der Waals surface area contributed by atoms with Crippen molar-refractivity contribution in [2.75, 3.05) is 7.05 Å². The molecule has 2 heterocycles. The first kappa shape index (κ1) is 11.5. The molecular weight excluding hydrogens is 216 g/mol. The highest BCUT2D eigenvalue weighted by Gasteiger charge is 2.15. The molecule has 92 valence electrons. The summed E-state index contributed by atoms with van der Waals surface area (Å²) in [5, 5.41) is 2.97. The van der Waals surface area contributed by atoms with E-state index in [1.807, 2.05) is 25.1 Å². The Morgan fingerprint density at radius 1 is 1.47 bits per heavy atom. The van der Waals surface area contributed by atoms with Gasteiger partial charge in [-0.05, 0) is 25.5 Å². The van der Waals surface area contributed by atoms with E-state index >= 15 is 0 Å². The summed E-state index contributed by atoms with van der Waals surface area (Å²) in [6.07, 6.45) is 1.81. The van der Waals surface area contributed by atoms with E-state index in [2.05, 4.69) is 33.3 Å². The molecular formula is C11H18N6. The Hall–Kier alpha value is -1.98. The van der Waals surface area contributed by atoms with Gasteiger partial charge in [0.15, 0.2) is 5.96 Å². The van der Waals surface area contributed by atoms with Crippen molar-refractivity contribution in [3.63, 3.8) is 0 Å². The number of aromatic amines is 1. The second-order valence-corrected chi connectivity index (χ2v) is 4.21. The van der Waals surface area contributed by atoms with Crippen LogP contribution in [0.5, 0.6) is 0 Å². The van der Waals surface area contributed by atoms with Gasteiger partial charge in [0.2, 0.25) is 5.96 Å². The zero-order valence-electron chi connectivity index (χ0n) is 10.4. The Bertz CT molecular complexity index is 458. The van der Waals surface area contributed by atoms with Gasteiger partial charge in [-0.1, -0.05) is 0 Å². The molecule has 0 aliphatic carbocycles. The highest BCUT2D eigenvalue weighted by Crippen LogP contribution is 2.09. The third-order valence-corrected chi connectivity index (χ3v) is 2.71. The molecule has 0 bridgehead atoms. The Morgan fingerprint density at radius 2 is 2.24 bits per heavy atom. The second kappa shape index (κ2) is 4.48. The lowest BCUT2D eigenvalue weighted by atomic mass is 10.2. The van der Waals surface area contributed by atoms with E-state index in [4.69, 9.17) is 5.73 Å². The Balaban J connectivity index is 2.06. The number of rotatable bonds is 2. The quantitative estimate of drug-likeness (QED) is 0.691. The Labute approximate surface area is 101 Å². The first-order chi connectivity index (χ1) is 8.06. The van der Waals surface area contributed by atoms with E-state index in [9.17, 15) is 0 Å². The molecule has 6 heteroatoms. The molecule has 1 atom stereocenters. The summed E-state index contributed by atoms with van der Waals surface area (Å²) in [5.41, 5.74) is 8.09. The van der Waals surface area contributed by atoms with Crippen molar-refractivity contribution in [2.24, 2.45) is 15.7 Å². The Morgan fingerprint density at radius 3 is 2.82 bits per heavy atom. The van der Waals surface area contributed by atoms with E-state index in [-0.39, 0.29) is 6.17 Å². The molecule has 1 aliphatic heterocycles. The molecule has 0 aromatic carbocycles. The number of nitrogens with two attached hydrogens (primary N) is 1. The lowest BCUT2D eigenvalue weighted by molar-refractivity contribution is 0.477. The van der Waals surface area contributed by atoms with Crippen LogP contribution in [-0.2, 0) is 6.54 Å². The van der Waals surface area contributed by atoms with Crippen molar-refractivity contribution >= 4 is 11.9 Å². The summed E-state index contributed by atoms with van der Waals surface area (Å²) in [4.78, 5) is 13.7. The zero-order chi connectivity index (χ0) is 12.4. The van der Waals surface area contributed by atoms with Gasteiger partial charge in [0.1, 0.15) is 6.17 Å². The molecule has 0 saturated heterocycles. The monoisotopic (exact) mass is 234 g/mol. The van der Waals surface area contributed by atoms with Gasteiger partial charge in [-0.25, -0.2) is 9.98 Å². The average molecular weight is 234 g/mol. The molecule has 4 N–H and O–H groups in total. The molecule has 6 nitrogen and oxygen atoms in total. The fraction of sp³-hybridized carbons (Fsp3) is 0.455. The largest absolute Gasteiger partial charge is 0.370 e. The molecule has 1 unspecified atom stereocenters. The molecule has 1 aliphatic rings. The van der Waals surface area contributed by atoms with Gasteiger partial charge in [0.25, 0.3) is 0 Å². The van der Waals surface area contributed by atoms with Crippen LogP contribution in [0.25, 0.3) is 0 Å². The number of hydrogen-bond donors (Lipinski definition) is 3. The lowest BCUT2D eigenvalue weighted by Gasteiger charge is -2.25. The van der Waals surface area contributed by atoms with Gasteiger partial charge in [-0.15, -0.1) is 0 Å². The fourth-order valence-corrected chi connectivity index (χ4v) is 1.77. The number of nitrogens with zero attached hydrogens (tertiary/aromatic N) is 3. The van der Waals surface area contributed by atoms with Crippen molar-refractivity contribution < 1.29 is 0 Å². The van der Waals surface area contributed by atoms with Crippen molar-refractivity contribution in [1.82, 2.24) is 15.2 Å². The van der Waals surface area contributed by atoms with Crippen molar-refractivity contribution in [1.29, 1.82) is 0 Å². The zero-order valence-corrected chi connectivity index (χ0v) is 10.4. The number of hydrogen-bond acceptors (Lipinski definition) is 5. The minimum atomic E-state index is -0.124. The molecule has 0 saturated carbocycles. The average Bonchev–Trinajstić information content (AvgIpc) is 2.63. The van der Waals surface area contributed by atoms with E-state index in [0.29, 0.717) is 5.96 Å². The van der Waals surface area contributed by atoms with Crippen molar-refractivity contribution in [2.45, 2.75) is 26.6 Å². The van der Waals surface area contributed by atoms with Crippen LogP contribution in [0.2, 0.25) is 0 Å². The number of H-pyrrole nitrogens is 1. The summed E-state index contributed by atoms with van der Waals surface area (Å²) < 4.78 is 0. The number of aryl methyl sites for hydroxylation is 1. The molecule has 0 spiro atoms. The molecule has 0 fully saturated rings. The maximum absolute atomic E-state index is 5.68. The summed E-state index contributed by atoms with van der Waals surface area (Å²) in [6.45, 7) is 4.74. The predicted molar refractivity (Wildman–Crippen MR) is 68.7 cm³/mol. The molecule has 0 radical (unpaired) electrons.